The Balaban J connectivity index is 1.89. The maximum Gasteiger partial charge on any atom is 0.337 e. The van der Waals surface area contributed by atoms with Crippen LogP contribution in [0.15, 0.2) is 30.5 Å². The van der Waals surface area contributed by atoms with Gasteiger partial charge in [-0.25, -0.2) is 9.78 Å². The second-order valence-corrected chi connectivity index (χ2v) is 5.70. The van der Waals surface area contributed by atoms with Crippen LogP contribution in [0.5, 0.6) is 0 Å². The van der Waals surface area contributed by atoms with Crippen LogP contribution in [0.3, 0.4) is 0 Å². The molecule has 1 aliphatic rings. The molecule has 110 valence electrons. The van der Waals surface area contributed by atoms with Gasteiger partial charge >= 0.3 is 5.97 Å². The third kappa shape index (κ3) is 2.69. The number of aromatic nitrogens is 1. The highest BCUT2D eigenvalue weighted by Gasteiger charge is 2.41. The molecule has 1 fully saturated rings. The van der Waals surface area contributed by atoms with E-state index in [2.05, 4.69) is 10.3 Å². The number of benzene rings is 1. The highest BCUT2D eigenvalue weighted by molar-refractivity contribution is 6.06. The van der Waals surface area contributed by atoms with E-state index in [-0.39, 0.29) is 17.6 Å². The number of hydrogen-bond donors (Lipinski definition) is 3. The molecule has 3 rings (SSSR count). The lowest BCUT2D eigenvalue weighted by Crippen LogP contribution is -2.17. The van der Waals surface area contributed by atoms with Gasteiger partial charge in [-0.15, -0.1) is 0 Å². The van der Waals surface area contributed by atoms with E-state index in [1.54, 1.807) is 6.07 Å². The lowest BCUT2D eigenvalue weighted by Gasteiger charge is -2.16. The number of nitrogens with zero attached hydrogens (tertiary/aromatic N) is 1. The summed E-state index contributed by atoms with van der Waals surface area (Å²) in [6, 6.07) is 7.38. The van der Waals surface area contributed by atoms with Gasteiger partial charge in [-0.05, 0) is 24.7 Å². The number of carboxylic acids is 1. The van der Waals surface area contributed by atoms with Crippen molar-refractivity contribution in [1.82, 2.24) is 4.98 Å². The van der Waals surface area contributed by atoms with E-state index in [1.807, 2.05) is 18.2 Å². The molecule has 1 aliphatic carbocycles. The highest BCUT2D eigenvalue weighted by Crippen LogP contribution is 2.48. The van der Waals surface area contributed by atoms with Crippen LogP contribution in [0.2, 0.25) is 0 Å². The fraction of sp³-hybridized carbons (Fsp3) is 0.375. The predicted octanol–water partition coefficient (Wildman–Crippen LogP) is 2.51. The summed E-state index contributed by atoms with van der Waals surface area (Å²) in [6.45, 7) is 0.963. The van der Waals surface area contributed by atoms with Crippen molar-refractivity contribution in [2.45, 2.75) is 19.3 Å². The molecule has 0 spiro atoms. The third-order valence-corrected chi connectivity index (χ3v) is 4.26. The number of rotatable bonds is 6. The van der Waals surface area contributed by atoms with E-state index < -0.39 is 5.97 Å². The van der Waals surface area contributed by atoms with Gasteiger partial charge in [-0.3, -0.25) is 0 Å². The van der Waals surface area contributed by atoms with Crippen LogP contribution in [0.1, 0.15) is 29.6 Å². The number of fused-ring (bicyclic) bond motifs is 1. The molecule has 0 saturated heterocycles. The summed E-state index contributed by atoms with van der Waals surface area (Å²) in [4.78, 5) is 15.5. The summed E-state index contributed by atoms with van der Waals surface area (Å²) in [5, 5.41) is 23.2. The zero-order valence-electron chi connectivity index (χ0n) is 11.7. The first-order valence-corrected chi connectivity index (χ1v) is 7.11. The van der Waals surface area contributed by atoms with Crippen molar-refractivity contribution in [1.29, 1.82) is 0 Å². The molecule has 5 nitrogen and oxygen atoms in total. The Hall–Kier alpha value is -2.14. The van der Waals surface area contributed by atoms with Crippen LogP contribution in [0, 0.1) is 5.41 Å². The van der Waals surface area contributed by atoms with Crippen LogP contribution in [-0.4, -0.2) is 34.3 Å². The number of hydrogen-bond acceptors (Lipinski definition) is 4. The maximum absolute atomic E-state index is 11.3. The number of carbonyl (C=O) groups is 1. The molecule has 0 unspecified atom stereocenters. The standard InChI is InChI=1S/C16H18N2O3/c19-8-7-16(5-6-16)10-18-14-12-4-2-1-3-11(12)13(9-17-14)15(20)21/h1-4,9,19H,5-8,10H2,(H,17,18)(H,20,21). The van der Waals surface area contributed by atoms with Crippen molar-refractivity contribution < 1.29 is 15.0 Å². The molecule has 1 heterocycles. The Morgan fingerprint density at radius 3 is 2.62 bits per heavy atom. The minimum Gasteiger partial charge on any atom is -0.478 e. The van der Waals surface area contributed by atoms with Crippen molar-refractivity contribution in [2.75, 3.05) is 18.5 Å². The van der Waals surface area contributed by atoms with Gasteiger partial charge < -0.3 is 15.5 Å². The van der Waals surface area contributed by atoms with E-state index in [9.17, 15) is 9.90 Å². The molecule has 0 radical (unpaired) electrons. The molecule has 1 aromatic carbocycles. The van der Waals surface area contributed by atoms with Crippen LogP contribution >= 0.6 is 0 Å². The summed E-state index contributed by atoms with van der Waals surface area (Å²) in [5.74, 6) is -0.260. The van der Waals surface area contributed by atoms with Crippen LogP contribution < -0.4 is 5.32 Å². The monoisotopic (exact) mass is 286 g/mol. The average molecular weight is 286 g/mol. The predicted molar refractivity (Wildman–Crippen MR) is 80.6 cm³/mol. The fourth-order valence-corrected chi connectivity index (χ4v) is 2.70. The Bertz CT molecular complexity index is 680. The second kappa shape index (κ2) is 5.33. The first kappa shape index (κ1) is 13.8. The molecule has 1 aromatic heterocycles. The topological polar surface area (TPSA) is 82.5 Å². The number of pyridine rings is 1. The van der Waals surface area contributed by atoms with Gasteiger partial charge in [0, 0.05) is 30.1 Å². The number of nitrogens with one attached hydrogen (secondary N) is 1. The van der Waals surface area contributed by atoms with Crippen molar-refractivity contribution >= 4 is 22.6 Å². The average Bonchev–Trinajstić information content (AvgIpc) is 3.25. The summed E-state index contributed by atoms with van der Waals surface area (Å²) in [7, 11) is 0. The highest BCUT2D eigenvalue weighted by atomic mass is 16.4. The Morgan fingerprint density at radius 1 is 1.29 bits per heavy atom. The lowest BCUT2D eigenvalue weighted by molar-refractivity contribution is 0.0698. The molecule has 3 N–H and O–H groups in total. The summed E-state index contributed by atoms with van der Waals surface area (Å²) < 4.78 is 0. The number of anilines is 1. The van der Waals surface area contributed by atoms with E-state index in [0.717, 1.165) is 31.2 Å². The molecular formula is C16H18N2O3. The fourth-order valence-electron chi connectivity index (χ4n) is 2.70. The SMILES string of the molecule is O=C(O)c1cnc(NCC2(CCO)CC2)c2ccccc12. The molecule has 0 aliphatic heterocycles. The van der Waals surface area contributed by atoms with Gasteiger partial charge in [0.2, 0.25) is 0 Å². The Labute approximate surface area is 122 Å². The Kier molecular flexibility index (Phi) is 3.51. The minimum atomic E-state index is -0.968. The van der Waals surface area contributed by atoms with Crippen molar-refractivity contribution in [2.24, 2.45) is 5.41 Å². The van der Waals surface area contributed by atoms with Gasteiger partial charge in [-0.2, -0.15) is 0 Å². The van der Waals surface area contributed by atoms with Gasteiger partial charge in [0.05, 0.1) is 5.56 Å². The van der Waals surface area contributed by atoms with Gasteiger partial charge in [0.15, 0.2) is 0 Å². The molecule has 0 bridgehead atoms. The first-order chi connectivity index (χ1) is 10.2. The van der Waals surface area contributed by atoms with E-state index in [1.165, 1.54) is 6.20 Å². The molecule has 2 aromatic rings. The summed E-state index contributed by atoms with van der Waals surface area (Å²) >= 11 is 0. The lowest BCUT2D eigenvalue weighted by atomic mass is 10.0. The van der Waals surface area contributed by atoms with Gasteiger partial charge in [-0.1, -0.05) is 24.3 Å². The van der Waals surface area contributed by atoms with Gasteiger partial charge in [0.1, 0.15) is 5.82 Å². The molecule has 0 atom stereocenters. The summed E-state index contributed by atoms with van der Waals surface area (Å²) in [5.41, 5.74) is 0.399. The second-order valence-electron chi connectivity index (χ2n) is 5.70. The zero-order valence-corrected chi connectivity index (χ0v) is 11.7. The normalized spacial score (nSPS) is 15.9. The van der Waals surface area contributed by atoms with Crippen LogP contribution in [-0.2, 0) is 0 Å². The molecule has 0 amide bonds. The quantitative estimate of drug-likeness (QED) is 0.760. The maximum atomic E-state index is 11.3. The van der Waals surface area contributed by atoms with Crippen LogP contribution in [0.25, 0.3) is 10.8 Å². The number of aliphatic hydroxyl groups is 1. The number of aliphatic hydroxyl groups excluding tert-OH is 1. The molecule has 5 heteroatoms. The van der Waals surface area contributed by atoms with Crippen molar-refractivity contribution in [3.8, 4) is 0 Å². The zero-order chi connectivity index (χ0) is 14.9. The van der Waals surface area contributed by atoms with Gasteiger partial charge in [0.25, 0.3) is 0 Å². The van der Waals surface area contributed by atoms with E-state index >= 15 is 0 Å². The largest absolute Gasteiger partial charge is 0.478 e. The number of carboxylic acid groups (broad SMARTS) is 1. The first-order valence-electron chi connectivity index (χ1n) is 7.11. The van der Waals surface area contributed by atoms with E-state index in [0.29, 0.717) is 11.2 Å². The molecule has 21 heavy (non-hydrogen) atoms. The van der Waals surface area contributed by atoms with Crippen molar-refractivity contribution in [3.63, 3.8) is 0 Å². The minimum absolute atomic E-state index is 0.184. The van der Waals surface area contributed by atoms with E-state index in [4.69, 9.17) is 5.11 Å². The number of aromatic carboxylic acids is 1. The van der Waals surface area contributed by atoms with Crippen molar-refractivity contribution in [3.05, 3.63) is 36.0 Å². The summed E-state index contributed by atoms with van der Waals surface area (Å²) in [6.07, 6.45) is 4.43. The third-order valence-electron chi connectivity index (χ3n) is 4.26. The molecular weight excluding hydrogens is 268 g/mol. The smallest absolute Gasteiger partial charge is 0.337 e. The Morgan fingerprint density at radius 2 is 2.00 bits per heavy atom. The molecule has 1 saturated carbocycles. The van der Waals surface area contributed by atoms with Crippen LogP contribution in [0.4, 0.5) is 5.82 Å².